The molecule has 0 bridgehead atoms. The van der Waals surface area contributed by atoms with Crippen molar-refractivity contribution in [2.24, 2.45) is 5.92 Å². The van der Waals surface area contributed by atoms with Gasteiger partial charge in [-0.1, -0.05) is 30.3 Å². The van der Waals surface area contributed by atoms with Crippen molar-refractivity contribution in [3.63, 3.8) is 0 Å². The maximum atomic E-state index is 5.50. The third kappa shape index (κ3) is 5.10. The Hall–Kier alpha value is -2.63. The van der Waals surface area contributed by atoms with Crippen LogP contribution in [0, 0.1) is 5.92 Å². The maximum absolute atomic E-state index is 5.50. The first-order chi connectivity index (χ1) is 14.7. The quantitative estimate of drug-likeness (QED) is 0.540. The van der Waals surface area contributed by atoms with Crippen LogP contribution < -0.4 is 4.74 Å². The first-order valence-corrected chi connectivity index (χ1v) is 10.8. The molecule has 2 aromatic carbocycles. The molecule has 0 unspecified atom stereocenters. The standard InChI is InChI=1S/C25H31N3O2/c1-27(14-11-20-12-15-30-16-13-20)18-22-19-28(23-8-4-3-5-9-23)26-25(22)21-7-6-10-24(17-21)29-2/h3-10,17,19-20H,11-16,18H2,1-2H3. The average Bonchev–Trinajstić information content (AvgIpc) is 3.23. The molecule has 1 aliphatic heterocycles. The molecule has 0 amide bonds. The van der Waals surface area contributed by atoms with Crippen molar-refractivity contribution in [2.75, 3.05) is 33.9 Å². The predicted molar refractivity (Wildman–Crippen MR) is 120 cm³/mol. The Morgan fingerprint density at radius 2 is 1.90 bits per heavy atom. The summed E-state index contributed by atoms with van der Waals surface area (Å²) in [6.07, 6.45) is 5.76. The molecule has 5 heteroatoms. The summed E-state index contributed by atoms with van der Waals surface area (Å²) in [5, 5.41) is 4.95. The molecule has 158 valence electrons. The van der Waals surface area contributed by atoms with Gasteiger partial charge in [-0.05, 0) is 63.0 Å². The normalized spacial score (nSPS) is 14.9. The number of aromatic nitrogens is 2. The molecule has 5 nitrogen and oxygen atoms in total. The zero-order valence-corrected chi connectivity index (χ0v) is 18.0. The number of para-hydroxylation sites is 1. The first kappa shape index (κ1) is 20.6. The van der Waals surface area contributed by atoms with E-state index >= 15 is 0 Å². The van der Waals surface area contributed by atoms with Gasteiger partial charge in [0.2, 0.25) is 0 Å². The lowest BCUT2D eigenvalue weighted by molar-refractivity contribution is 0.0608. The second-order valence-electron chi connectivity index (χ2n) is 8.10. The molecule has 30 heavy (non-hydrogen) atoms. The molecule has 0 saturated carbocycles. The van der Waals surface area contributed by atoms with E-state index in [2.05, 4.69) is 42.4 Å². The minimum atomic E-state index is 0.783. The predicted octanol–water partition coefficient (Wildman–Crippen LogP) is 4.80. The summed E-state index contributed by atoms with van der Waals surface area (Å²) >= 11 is 0. The van der Waals surface area contributed by atoms with Crippen LogP contribution >= 0.6 is 0 Å². The van der Waals surface area contributed by atoms with Crippen LogP contribution in [0.25, 0.3) is 16.9 Å². The molecule has 3 aromatic rings. The number of methoxy groups -OCH3 is 1. The van der Waals surface area contributed by atoms with Crippen LogP contribution in [0.5, 0.6) is 5.75 Å². The van der Waals surface area contributed by atoms with Crippen molar-refractivity contribution < 1.29 is 9.47 Å². The van der Waals surface area contributed by atoms with Gasteiger partial charge in [-0.3, -0.25) is 0 Å². The lowest BCUT2D eigenvalue weighted by atomic mass is 9.96. The number of nitrogens with zero attached hydrogens (tertiary/aromatic N) is 3. The van der Waals surface area contributed by atoms with Gasteiger partial charge in [0.05, 0.1) is 18.5 Å². The van der Waals surface area contributed by atoms with E-state index in [0.29, 0.717) is 0 Å². The zero-order valence-electron chi connectivity index (χ0n) is 18.0. The SMILES string of the molecule is COc1cccc(-c2nn(-c3ccccc3)cc2CN(C)CCC2CCOCC2)c1. The topological polar surface area (TPSA) is 39.5 Å². The van der Waals surface area contributed by atoms with E-state index in [-0.39, 0.29) is 0 Å². The van der Waals surface area contributed by atoms with E-state index in [4.69, 9.17) is 14.6 Å². The molecule has 1 saturated heterocycles. The molecule has 0 aliphatic carbocycles. The molecule has 0 radical (unpaired) electrons. The molecule has 4 rings (SSSR count). The Balaban J connectivity index is 1.56. The van der Waals surface area contributed by atoms with Crippen molar-refractivity contribution in [3.8, 4) is 22.7 Å². The van der Waals surface area contributed by atoms with Gasteiger partial charge in [0, 0.05) is 37.1 Å². The van der Waals surface area contributed by atoms with E-state index < -0.39 is 0 Å². The minimum Gasteiger partial charge on any atom is -0.497 e. The van der Waals surface area contributed by atoms with Crippen molar-refractivity contribution >= 4 is 0 Å². The van der Waals surface area contributed by atoms with Crippen LogP contribution in [0.4, 0.5) is 0 Å². The lowest BCUT2D eigenvalue weighted by Crippen LogP contribution is -2.24. The number of rotatable bonds is 8. The zero-order chi connectivity index (χ0) is 20.8. The average molecular weight is 406 g/mol. The Morgan fingerprint density at radius 3 is 2.67 bits per heavy atom. The Labute approximate surface area is 179 Å². The van der Waals surface area contributed by atoms with E-state index in [0.717, 1.165) is 54.9 Å². The molecule has 2 heterocycles. The second-order valence-corrected chi connectivity index (χ2v) is 8.10. The summed E-state index contributed by atoms with van der Waals surface area (Å²) in [4.78, 5) is 2.41. The van der Waals surface area contributed by atoms with Crippen LogP contribution in [-0.4, -0.2) is 48.6 Å². The molecule has 0 atom stereocenters. The van der Waals surface area contributed by atoms with Gasteiger partial charge in [-0.15, -0.1) is 0 Å². The van der Waals surface area contributed by atoms with Crippen molar-refractivity contribution in [1.82, 2.24) is 14.7 Å². The summed E-state index contributed by atoms with van der Waals surface area (Å²) < 4.78 is 12.9. The van der Waals surface area contributed by atoms with Crippen LogP contribution in [0.3, 0.4) is 0 Å². The first-order valence-electron chi connectivity index (χ1n) is 10.8. The maximum Gasteiger partial charge on any atom is 0.119 e. The smallest absolute Gasteiger partial charge is 0.119 e. The Kier molecular flexibility index (Phi) is 6.82. The summed E-state index contributed by atoms with van der Waals surface area (Å²) in [6.45, 7) is 3.78. The number of hydrogen-bond donors (Lipinski definition) is 0. The number of ether oxygens (including phenoxy) is 2. The number of benzene rings is 2. The lowest BCUT2D eigenvalue weighted by Gasteiger charge is -2.24. The summed E-state index contributed by atoms with van der Waals surface area (Å²) in [6, 6.07) is 18.4. The second kappa shape index (κ2) is 9.92. The molecule has 1 fully saturated rings. The highest BCUT2D eigenvalue weighted by atomic mass is 16.5. The van der Waals surface area contributed by atoms with Crippen molar-refractivity contribution in [3.05, 3.63) is 66.4 Å². The summed E-state index contributed by atoms with van der Waals surface area (Å²) in [7, 11) is 3.90. The number of hydrogen-bond acceptors (Lipinski definition) is 4. The highest BCUT2D eigenvalue weighted by Crippen LogP contribution is 2.28. The van der Waals surface area contributed by atoms with E-state index in [1.807, 2.05) is 35.0 Å². The van der Waals surface area contributed by atoms with Crippen LogP contribution in [-0.2, 0) is 11.3 Å². The fourth-order valence-corrected chi connectivity index (χ4v) is 4.06. The van der Waals surface area contributed by atoms with Gasteiger partial charge in [0.25, 0.3) is 0 Å². The van der Waals surface area contributed by atoms with Gasteiger partial charge in [-0.2, -0.15) is 5.10 Å². The fourth-order valence-electron chi connectivity index (χ4n) is 4.06. The molecule has 1 aliphatic rings. The molecular weight excluding hydrogens is 374 g/mol. The van der Waals surface area contributed by atoms with Gasteiger partial charge in [0.15, 0.2) is 0 Å². The highest BCUT2D eigenvalue weighted by molar-refractivity contribution is 5.65. The van der Waals surface area contributed by atoms with Gasteiger partial charge >= 0.3 is 0 Å². The van der Waals surface area contributed by atoms with Crippen LogP contribution in [0.2, 0.25) is 0 Å². The van der Waals surface area contributed by atoms with Crippen molar-refractivity contribution in [1.29, 1.82) is 0 Å². The summed E-state index contributed by atoms with van der Waals surface area (Å²) in [5.74, 6) is 1.63. The van der Waals surface area contributed by atoms with Crippen molar-refractivity contribution in [2.45, 2.75) is 25.8 Å². The molecule has 1 aromatic heterocycles. The fraction of sp³-hybridized carbons (Fsp3) is 0.400. The highest BCUT2D eigenvalue weighted by Gasteiger charge is 2.17. The summed E-state index contributed by atoms with van der Waals surface area (Å²) in [5.41, 5.74) is 4.38. The molecule has 0 spiro atoms. The van der Waals surface area contributed by atoms with E-state index in [9.17, 15) is 0 Å². The van der Waals surface area contributed by atoms with Gasteiger partial charge in [0.1, 0.15) is 5.75 Å². The minimum absolute atomic E-state index is 0.783. The van der Waals surface area contributed by atoms with Gasteiger partial charge in [-0.25, -0.2) is 4.68 Å². The molecule has 0 N–H and O–H groups in total. The third-order valence-electron chi connectivity index (χ3n) is 5.85. The Bertz CT molecular complexity index is 933. The largest absolute Gasteiger partial charge is 0.497 e. The Morgan fingerprint density at radius 1 is 1.10 bits per heavy atom. The third-order valence-corrected chi connectivity index (χ3v) is 5.85. The van der Waals surface area contributed by atoms with Crippen LogP contribution in [0.15, 0.2) is 60.8 Å². The van der Waals surface area contributed by atoms with E-state index in [1.165, 1.54) is 24.8 Å². The van der Waals surface area contributed by atoms with E-state index in [1.54, 1.807) is 7.11 Å². The monoisotopic (exact) mass is 405 g/mol. The molecular formula is C25H31N3O2. The van der Waals surface area contributed by atoms with Gasteiger partial charge < -0.3 is 14.4 Å². The van der Waals surface area contributed by atoms with Crippen LogP contribution in [0.1, 0.15) is 24.8 Å².